The van der Waals surface area contributed by atoms with Crippen molar-refractivity contribution in [3.63, 3.8) is 0 Å². The molecule has 2 nitrogen and oxygen atoms in total. The van der Waals surface area contributed by atoms with Crippen LogP contribution in [0.15, 0.2) is 115 Å². The van der Waals surface area contributed by atoms with Gasteiger partial charge in [-0.2, -0.15) is 0 Å². The van der Waals surface area contributed by atoms with E-state index in [1.807, 2.05) is 0 Å². The van der Waals surface area contributed by atoms with Crippen molar-refractivity contribution in [2.24, 2.45) is 0 Å². The summed E-state index contributed by atoms with van der Waals surface area (Å²) < 4.78 is 0. The molecule has 0 aromatic heterocycles. The molecule has 176 valence electrons. The zero-order valence-corrected chi connectivity index (χ0v) is 20.6. The second-order valence-electron chi connectivity index (χ2n) is 9.81. The van der Waals surface area contributed by atoms with Crippen molar-refractivity contribution in [3.05, 3.63) is 121 Å². The van der Waals surface area contributed by atoms with Crippen LogP contribution in [0.1, 0.15) is 5.56 Å². The Labute approximate surface area is 215 Å². The van der Waals surface area contributed by atoms with Crippen molar-refractivity contribution in [1.82, 2.24) is 0 Å². The van der Waals surface area contributed by atoms with E-state index in [4.69, 9.17) is 11.5 Å². The van der Waals surface area contributed by atoms with Crippen LogP contribution in [-0.4, -0.2) is 0 Å². The van der Waals surface area contributed by atoms with Crippen molar-refractivity contribution in [2.75, 3.05) is 11.5 Å². The number of nitrogens with two attached hydrogens (primary N) is 2. The average Bonchev–Trinajstić information content (AvgIpc) is 2.95. The highest BCUT2D eigenvalue weighted by atomic mass is 14.6. The highest BCUT2D eigenvalue weighted by Gasteiger charge is 2.21. The molecular formula is C35H26N2. The van der Waals surface area contributed by atoms with Crippen molar-refractivity contribution >= 4 is 54.5 Å². The normalized spacial score (nSPS) is 11.6. The summed E-state index contributed by atoms with van der Waals surface area (Å²) in [6.07, 6.45) is 0. The van der Waals surface area contributed by atoms with Crippen molar-refractivity contribution in [3.8, 4) is 22.3 Å². The number of rotatable bonds is 2. The summed E-state index contributed by atoms with van der Waals surface area (Å²) in [6, 6.07) is 40.7. The fraction of sp³-hybridized carbons (Fsp3) is 0.0286. The third kappa shape index (κ3) is 3.12. The minimum Gasteiger partial charge on any atom is -0.398 e. The van der Waals surface area contributed by atoms with E-state index in [0.717, 1.165) is 49.1 Å². The Balaban J connectivity index is 1.80. The second kappa shape index (κ2) is 8.11. The molecule has 0 radical (unpaired) electrons. The van der Waals surface area contributed by atoms with E-state index in [-0.39, 0.29) is 0 Å². The average molecular weight is 475 g/mol. The Morgan fingerprint density at radius 3 is 1.38 bits per heavy atom. The number of anilines is 2. The fourth-order valence-electron chi connectivity index (χ4n) is 5.93. The van der Waals surface area contributed by atoms with Crippen molar-refractivity contribution in [1.29, 1.82) is 0 Å². The Bertz CT molecular complexity index is 1940. The molecule has 0 unspecified atom stereocenters. The zero-order valence-electron chi connectivity index (χ0n) is 20.6. The lowest BCUT2D eigenvalue weighted by atomic mass is 9.82. The molecule has 7 aromatic carbocycles. The highest BCUT2D eigenvalue weighted by Crippen LogP contribution is 2.49. The molecule has 7 rings (SSSR count). The first kappa shape index (κ1) is 21.5. The molecule has 0 heterocycles. The number of fused-ring (bicyclic) bond motifs is 4. The van der Waals surface area contributed by atoms with Crippen LogP contribution in [-0.2, 0) is 0 Å². The molecule has 2 heteroatoms. The lowest BCUT2D eigenvalue weighted by molar-refractivity contribution is 1.47. The molecule has 0 atom stereocenters. The summed E-state index contributed by atoms with van der Waals surface area (Å²) in [5, 5.41) is 8.88. The van der Waals surface area contributed by atoms with Gasteiger partial charge in [0.1, 0.15) is 0 Å². The topological polar surface area (TPSA) is 52.0 Å². The first-order valence-corrected chi connectivity index (χ1v) is 12.6. The van der Waals surface area contributed by atoms with E-state index in [2.05, 4.69) is 122 Å². The SMILES string of the molecule is Cc1ccc(-c2cccc3c(N)c4ccccc4c(-c4c5ccccc5c(N)c5ccccc45)c23)cc1. The van der Waals surface area contributed by atoms with Crippen LogP contribution in [0.5, 0.6) is 0 Å². The predicted molar refractivity (Wildman–Crippen MR) is 161 cm³/mol. The summed E-state index contributed by atoms with van der Waals surface area (Å²) >= 11 is 0. The van der Waals surface area contributed by atoms with Gasteiger partial charge in [0.2, 0.25) is 0 Å². The van der Waals surface area contributed by atoms with Crippen LogP contribution in [0.3, 0.4) is 0 Å². The molecule has 4 N–H and O–H groups in total. The van der Waals surface area contributed by atoms with Gasteiger partial charge in [-0.25, -0.2) is 0 Å². The second-order valence-corrected chi connectivity index (χ2v) is 9.81. The summed E-state index contributed by atoms with van der Waals surface area (Å²) in [5.41, 5.74) is 21.3. The summed E-state index contributed by atoms with van der Waals surface area (Å²) in [5.74, 6) is 0. The molecule has 0 amide bonds. The van der Waals surface area contributed by atoms with E-state index in [1.54, 1.807) is 0 Å². The largest absolute Gasteiger partial charge is 0.398 e. The highest BCUT2D eigenvalue weighted by molar-refractivity contribution is 6.30. The number of nitrogen functional groups attached to an aromatic ring is 2. The van der Waals surface area contributed by atoms with Crippen LogP contribution >= 0.6 is 0 Å². The maximum atomic E-state index is 6.90. The van der Waals surface area contributed by atoms with Gasteiger partial charge in [-0.05, 0) is 45.3 Å². The lowest BCUT2D eigenvalue weighted by Gasteiger charge is -2.21. The van der Waals surface area contributed by atoms with E-state index < -0.39 is 0 Å². The predicted octanol–water partition coefficient (Wildman–Crippen LogP) is 9.11. The molecule has 0 saturated heterocycles. The fourth-order valence-corrected chi connectivity index (χ4v) is 5.93. The standard InChI is InChI=1S/C35H26N2/c1-21-17-19-22(20-18-21)23-15-8-16-30-31(23)33(26-11-4-7-14-29(26)35(30)37)32-24-9-2-5-12-27(24)34(36)28-13-6-3-10-25(28)32/h2-20H,36-37H2,1H3. The maximum Gasteiger partial charge on any atom is 0.0474 e. The Hall–Kier alpha value is -4.82. The molecule has 0 bridgehead atoms. The Morgan fingerprint density at radius 2 is 0.838 bits per heavy atom. The molecule has 0 aliphatic carbocycles. The summed E-state index contributed by atoms with van der Waals surface area (Å²) in [4.78, 5) is 0. The van der Waals surface area contributed by atoms with Crippen molar-refractivity contribution < 1.29 is 0 Å². The summed E-state index contributed by atoms with van der Waals surface area (Å²) in [7, 11) is 0. The Kier molecular flexibility index (Phi) is 4.70. The van der Waals surface area contributed by atoms with Gasteiger partial charge in [-0.1, -0.05) is 121 Å². The van der Waals surface area contributed by atoms with Crippen LogP contribution in [0, 0.1) is 6.92 Å². The van der Waals surface area contributed by atoms with Crippen LogP contribution in [0.25, 0.3) is 65.3 Å². The van der Waals surface area contributed by atoms with Gasteiger partial charge in [0.15, 0.2) is 0 Å². The van der Waals surface area contributed by atoms with E-state index in [1.165, 1.54) is 33.2 Å². The van der Waals surface area contributed by atoms with Gasteiger partial charge < -0.3 is 11.5 Å². The third-order valence-electron chi connectivity index (χ3n) is 7.68. The number of benzene rings is 7. The molecule has 0 aliphatic rings. The molecule has 0 aliphatic heterocycles. The number of hydrogen-bond donors (Lipinski definition) is 2. The third-order valence-corrected chi connectivity index (χ3v) is 7.68. The van der Waals surface area contributed by atoms with Gasteiger partial charge >= 0.3 is 0 Å². The minimum atomic E-state index is 0.812. The lowest BCUT2D eigenvalue weighted by Crippen LogP contribution is -1.98. The smallest absolute Gasteiger partial charge is 0.0474 e. The number of aryl methyl sites for hydroxylation is 1. The first-order valence-electron chi connectivity index (χ1n) is 12.6. The van der Waals surface area contributed by atoms with Crippen LogP contribution in [0.4, 0.5) is 11.4 Å². The minimum absolute atomic E-state index is 0.812. The molecular weight excluding hydrogens is 448 g/mol. The van der Waals surface area contributed by atoms with Gasteiger partial charge in [0.05, 0.1) is 0 Å². The maximum absolute atomic E-state index is 6.90. The van der Waals surface area contributed by atoms with Gasteiger partial charge in [0.25, 0.3) is 0 Å². The first-order chi connectivity index (χ1) is 18.1. The van der Waals surface area contributed by atoms with Gasteiger partial charge in [-0.3, -0.25) is 0 Å². The summed E-state index contributed by atoms with van der Waals surface area (Å²) in [6.45, 7) is 2.12. The number of hydrogen-bond acceptors (Lipinski definition) is 2. The van der Waals surface area contributed by atoms with Gasteiger partial charge in [0, 0.05) is 38.3 Å². The van der Waals surface area contributed by atoms with Gasteiger partial charge in [-0.15, -0.1) is 0 Å². The monoisotopic (exact) mass is 474 g/mol. The molecule has 0 spiro atoms. The van der Waals surface area contributed by atoms with Crippen LogP contribution < -0.4 is 11.5 Å². The molecule has 7 aromatic rings. The van der Waals surface area contributed by atoms with Crippen LogP contribution in [0.2, 0.25) is 0 Å². The van der Waals surface area contributed by atoms with Crippen molar-refractivity contribution in [2.45, 2.75) is 6.92 Å². The molecule has 0 saturated carbocycles. The quantitative estimate of drug-likeness (QED) is 0.194. The van der Waals surface area contributed by atoms with E-state index in [9.17, 15) is 0 Å². The zero-order chi connectivity index (χ0) is 25.1. The van der Waals surface area contributed by atoms with E-state index in [0.29, 0.717) is 0 Å². The molecule has 0 fully saturated rings. The molecule has 37 heavy (non-hydrogen) atoms. The Morgan fingerprint density at radius 1 is 0.405 bits per heavy atom. The van der Waals surface area contributed by atoms with E-state index >= 15 is 0 Å².